The largest absolute Gasteiger partial charge is 0.330 e. The molecule has 0 aliphatic carbocycles. The first kappa shape index (κ1) is 21.6. The minimum Gasteiger partial charge on any atom is -0.330 e. The predicted molar refractivity (Wildman–Crippen MR) is 107 cm³/mol. The Kier molecular flexibility index (Phi) is 8.32. The molecule has 1 heterocycles. The molecule has 1 fully saturated rings. The fourth-order valence-corrected chi connectivity index (χ4v) is 4.70. The number of hydrogen-bond acceptors (Lipinski definition) is 4. The molecule has 148 valence electrons. The second-order valence-corrected chi connectivity index (χ2v) is 9.38. The second-order valence-electron chi connectivity index (χ2n) is 7.19. The highest BCUT2D eigenvalue weighted by Gasteiger charge is 2.28. The summed E-state index contributed by atoms with van der Waals surface area (Å²) in [7, 11) is -3.54. The molecular formula is C18H31ClN4O2S. The van der Waals surface area contributed by atoms with Crippen molar-refractivity contribution in [1.82, 2.24) is 14.3 Å². The lowest BCUT2D eigenvalue weighted by atomic mass is 9.94. The van der Waals surface area contributed by atoms with Gasteiger partial charge in [0, 0.05) is 30.2 Å². The molecule has 6 nitrogen and oxygen atoms in total. The second kappa shape index (κ2) is 10.0. The lowest BCUT2D eigenvalue weighted by molar-refractivity contribution is 0.332. The Morgan fingerprint density at radius 1 is 1.27 bits per heavy atom. The minimum atomic E-state index is -3.54. The molecule has 0 spiro atoms. The Labute approximate surface area is 162 Å². The van der Waals surface area contributed by atoms with Crippen molar-refractivity contribution in [3.8, 4) is 0 Å². The molecule has 2 rings (SSSR count). The van der Waals surface area contributed by atoms with E-state index < -0.39 is 10.2 Å². The summed E-state index contributed by atoms with van der Waals surface area (Å²) < 4.78 is 29.6. The fraction of sp³-hybridized carbons (Fsp3) is 0.667. The first-order valence-electron chi connectivity index (χ1n) is 9.29. The highest BCUT2D eigenvalue weighted by atomic mass is 35.5. The average Bonchev–Trinajstić information content (AvgIpc) is 3.04. The number of benzene rings is 1. The van der Waals surface area contributed by atoms with Crippen molar-refractivity contribution in [3.05, 3.63) is 34.9 Å². The van der Waals surface area contributed by atoms with Gasteiger partial charge in [0.05, 0.1) is 0 Å². The number of nitrogens with one attached hydrogen (secondary N) is 2. The Balaban J connectivity index is 1.90. The number of rotatable bonds is 11. The summed E-state index contributed by atoms with van der Waals surface area (Å²) in [5, 5.41) is 4.16. The van der Waals surface area contributed by atoms with Gasteiger partial charge in [-0.05, 0) is 69.8 Å². The first-order valence-corrected chi connectivity index (χ1v) is 11.1. The van der Waals surface area contributed by atoms with Crippen molar-refractivity contribution in [2.75, 3.05) is 26.2 Å². The quantitative estimate of drug-likeness (QED) is 0.529. The highest BCUT2D eigenvalue weighted by Crippen LogP contribution is 2.24. The van der Waals surface area contributed by atoms with Crippen LogP contribution in [-0.4, -0.2) is 44.4 Å². The maximum Gasteiger partial charge on any atom is 0.279 e. The van der Waals surface area contributed by atoms with Crippen molar-refractivity contribution in [2.45, 2.75) is 51.1 Å². The first-order chi connectivity index (χ1) is 12.3. The standard InChI is InChI=1S/C18H31ClN4O2S/c1-18(9-2-12-21-18)10-3-13-23(14-4-11-20)26(24,25)22-15-16-5-7-17(19)8-6-16/h5-8,21-22H,2-4,9-15,20H2,1H3/t18-/m0/s1. The topological polar surface area (TPSA) is 87.5 Å². The normalized spacial score (nSPS) is 20.8. The molecular weight excluding hydrogens is 372 g/mol. The van der Waals surface area contributed by atoms with Crippen LogP contribution in [-0.2, 0) is 16.8 Å². The van der Waals surface area contributed by atoms with Crippen LogP contribution >= 0.6 is 11.6 Å². The minimum absolute atomic E-state index is 0.139. The molecule has 26 heavy (non-hydrogen) atoms. The Bertz CT molecular complexity index is 646. The highest BCUT2D eigenvalue weighted by molar-refractivity contribution is 7.87. The van der Waals surface area contributed by atoms with Crippen molar-refractivity contribution < 1.29 is 8.42 Å². The fourth-order valence-electron chi connectivity index (χ4n) is 3.30. The van der Waals surface area contributed by atoms with Gasteiger partial charge in [-0.1, -0.05) is 23.7 Å². The molecule has 0 amide bonds. The average molecular weight is 403 g/mol. The van der Waals surface area contributed by atoms with E-state index in [1.165, 1.54) is 10.7 Å². The maximum absolute atomic E-state index is 12.7. The van der Waals surface area contributed by atoms with Gasteiger partial charge in [-0.3, -0.25) is 0 Å². The summed E-state index contributed by atoms with van der Waals surface area (Å²) in [4.78, 5) is 0. The van der Waals surface area contributed by atoms with E-state index in [1.807, 2.05) is 12.1 Å². The number of nitrogens with two attached hydrogens (primary N) is 1. The number of hydrogen-bond donors (Lipinski definition) is 3. The van der Waals surface area contributed by atoms with E-state index >= 15 is 0 Å². The van der Waals surface area contributed by atoms with E-state index in [1.54, 1.807) is 12.1 Å². The third-order valence-electron chi connectivity index (χ3n) is 4.92. The number of nitrogens with zero attached hydrogens (tertiary/aromatic N) is 1. The van der Waals surface area contributed by atoms with Crippen molar-refractivity contribution in [1.29, 1.82) is 0 Å². The van der Waals surface area contributed by atoms with E-state index in [9.17, 15) is 8.42 Å². The van der Waals surface area contributed by atoms with Gasteiger partial charge < -0.3 is 11.1 Å². The monoisotopic (exact) mass is 402 g/mol. The van der Waals surface area contributed by atoms with Gasteiger partial charge in [0.15, 0.2) is 0 Å². The molecule has 1 aliphatic heterocycles. The van der Waals surface area contributed by atoms with Crippen LogP contribution in [0.2, 0.25) is 5.02 Å². The van der Waals surface area contributed by atoms with E-state index in [-0.39, 0.29) is 12.1 Å². The molecule has 0 aromatic heterocycles. The Hall–Kier alpha value is -0.700. The van der Waals surface area contributed by atoms with Gasteiger partial charge in [-0.25, -0.2) is 0 Å². The molecule has 4 N–H and O–H groups in total. The zero-order valence-electron chi connectivity index (χ0n) is 15.5. The molecule has 0 radical (unpaired) electrons. The molecule has 1 atom stereocenters. The third-order valence-corrected chi connectivity index (χ3v) is 6.72. The molecule has 1 saturated heterocycles. The van der Waals surface area contributed by atoms with Crippen molar-refractivity contribution >= 4 is 21.8 Å². The SMILES string of the molecule is C[C@@]1(CCCN(CCCN)S(=O)(=O)NCc2ccc(Cl)cc2)CCCN1. The van der Waals surface area contributed by atoms with Gasteiger partial charge >= 0.3 is 0 Å². The molecule has 8 heteroatoms. The van der Waals surface area contributed by atoms with Crippen LogP contribution < -0.4 is 15.8 Å². The van der Waals surface area contributed by atoms with Crippen molar-refractivity contribution in [3.63, 3.8) is 0 Å². The van der Waals surface area contributed by atoms with Gasteiger partial charge in [0.25, 0.3) is 10.2 Å². The molecule has 1 aliphatic rings. The summed E-state index contributed by atoms with van der Waals surface area (Å²) in [6.45, 7) is 4.94. The third kappa shape index (κ3) is 6.79. The zero-order chi connectivity index (χ0) is 19.0. The van der Waals surface area contributed by atoms with Crippen LogP contribution in [0.4, 0.5) is 0 Å². The van der Waals surface area contributed by atoms with Gasteiger partial charge in [-0.2, -0.15) is 17.4 Å². The Morgan fingerprint density at radius 3 is 2.58 bits per heavy atom. The van der Waals surface area contributed by atoms with Crippen LogP contribution in [0.3, 0.4) is 0 Å². The lowest BCUT2D eigenvalue weighted by Crippen LogP contribution is -2.43. The van der Waals surface area contributed by atoms with Gasteiger partial charge in [-0.15, -0.1) is 0 Å². The Morgan fingerprint density at radius 2 is 1.96 bits per heavy atom. The van der Waals surface area contributed by atoms with E-state index in [2.05, 4.69) is 17.0 Å². The van der Waals surface area contributed by atoms with Crippen LogP contribution in [0.25, 0.3) is 0 Å². The van der Waals surface area contributed by atoms with E-state index in [4.69, 9.17) is 17.3 Å². The summed E-state index contributed by atoms with van der Waals surface area (Å²) in [6.07, 6.45) is 4.79. The molecule has 0 bridgehead atoms. The summed E-state index contributed by atoms with van der Waals surface area (Å²) in [6, 6.07) is 7.16. The van der Waals surface area contributed by atoms with Crippen LogP contribution in [0, 0.1) is 0 Å². The van der Waals surface area contributed by atoms with Crippen LogP contribution in [0.1, 0.15) is 44.6 Å². The summed E-state index contributed by atoms with van der Waals surface area (Å²) in [5.74, 6) is 0. The van der Waals surface area contributed by atoms with Crippen LogP contribution in [0.15, 0.2) is 24.3 Å². The number of halogens is 1. The molecule has 0 unspecified atom stereocenters. The van der Waals surface area contributed by atoms with E-state index in [0.29, 0.717) is 31.1 Å². The predicted octanol–water partition coefficient (Wildman–Crippen LogP) is 2.25. The van der Waals surface area contributed by atoms with E-state index in [0.717, 1.165) is 31.4 Å². The summed E-state index contributed by atoms with van der Waals surface area (Å²) >= 11 is 5.87. The van der Waals surface area contributed by atoms with Gasteiger partial charge in [0.1, 0.15) is 0 Å². The summed E-state index contributed by atoms with van der Waals surface area (Å²) in [5.41, 5.74) is 6.60. The zero-order valence-corrected chi connectivity index (χ0v) is 17.1. The maximum atomic E-state index is 12.7. The van der Waals surface area contributed by atoms with Crippen molar-refractivity contribution in [2.24, 2.45) is 5.73 Å². The lowest BCUT2D eigenvalue weighted by Gasteiger charge is -2.27. The van der Waals surface area contributed by atoms with Gasteiger partial charge in [0.2, 0.25) is 0 Å². The molecule has 1 aromatic rings. The molecule has 0 saturated carbocycles. The smallest absolute Gasteiger partial charge is 0.279 e. The van der Waals surface area contributed by atoms with Crippen LogP contribution in [0.5, 0.6) is 0 Å². The molecule has 1 aromatic carbocycles.